The Morgan fingerprint density at radius 2 is 0.390 bits per heavy atom. The summed E-state index contributed by atoms with van der Waals surface area (Å²) in [7, 11) is -0.958. The third kappa shape index (κ3) is 30.2. The molecule has 0 aliphatic rings. The molecule has 0 saturated heterocycles. The average molecular weight is 597 g/mol. The van der Waals surface area contributed by atoms with Gasteiger partial charge in [-0.25, -0.2) is 0 Å². The normalized spacial score (nSPS) is 12.4. The Kier molecular flexibility index (Phi) is 35.3. The smallest absolute Gasteiger partial charge is 0.0654 e. The second-order valence-electron chi connectivity index (χ2n) is 14.3. The second-order valence-corrected chi connectivity index (χ2v) is 19.7. The number of hydrogen-bond acceptors (Lipinski definition) is 0. The predicted molar refractivity (Wildman–Crippen MR) is 198 cm³/mol. The van der Waals surface area contributed by atoms with Crippen molar-refractivity contribution in [2.24, 2.45) is 0 Å². The van der Waals surface area contributed by atoms with Gasteiger partial charge < -0.3 is 0 Å². The molecule has 0 N–H and O–H groups in total. The van der Waals surface area contributed by atoms with E-state index in [2.05, 4.69) is 27.7 Å². The first kappa shape index (κ1) is 41.4. The summed E-state index contributed by atoms with van der Waals surface area (Å²) in [4.78, 5) is 0. The van der Waals surface area contributed by atoms with Gasteiger partial charge in [-0.15, -0.1) is 0 Å². The fraction of sp³-hybridized carbons (Fsp3) is 1.00. The summed E-state index contributed by atoms with van der Waals surface area (Å²) in [6.07, 6.45) is 54.0. The van der Waals surface area contributed by atoms with Gasteiger partial charge in [-0.05, 0) is 0 Å². The molecular formula is C40H85P. The van der Waals surface area contributed by atoms with E-state index >= 15 is 0 Å². The van der Waals surface area contributed by atoms with Crippen molar-refractivity contribution in [2.75, 3.05) is 24.6 Å². The van der Waals surface area contributed by atoms with Crippen LogP contribution in [-0.4, -0.2) is 24.6 Å². The van der Waals surface area contributed by atoms with E-state index < -0.39 is 7.26 Å². The predicted octanol–water partition coefficient (Wildman–Crippen LogP) is 15.3. The molecule has 41 heavy (non-hydrogen) atoms. The molecule has 0 radical (unpaired) electrons. The maximum absolute atomic E-state index is 2.54. The number of rotatable bonds is 36. The van der Waals surface area contributed by atoms with Gasteiger partial charge >= 0.3 is 187 Å². The van der Waals surface area contributed by atoms with Gasteiger partial charge in [0.1, 0.15) is 0 Å². The van der Waals surface area contributed by atoms with E-state index in [1.165, 1.54) is 193 Å². The van der Waals surface area contributed by atoms with Gasteiger partial charge in [0.15, 0.2) is 0 Å². The van der Waals surface area contributed by atoms with Crippen LogP contribution >= 0.6 is 7.26 Å². The summed E-state index contributed by atoms with van der Waals surface area (Å²) in [5, 5.41) is 0. The van der Waals surface area contributed by atoms with Gasteiger partial charge in [0, 0.05) is 0 Å². The standard InChI is InChI=1S/C40H85P/c1-5-9-11-13-15-17-19-21-23-25-27-29-31-33-35-37-39-41(7-3,8-4)40-38-36-34-32-30-28-26-24-22-20-18-16-14-12-10-6-2/h41H,5-40H2,1-4H3. The second kappa shape index (κ2) is 34.9. The molecule has 0 aromatic carbocycles. The summed E-state index contributed by atoms with van der Waals surface area (Å²) >= 11 is 0. The van der Waals surface area contributed by atoms with E-state index in [4.69, 9.17) is 0 Å². The molecule has 250 valence electrons. The Labute approximate surface area is 264 Å². The van der Waals surface area contributed by atoms with Crippen molar-refractivity contribution in [3.05, 3.63) is 0 Å². The molecule has 0 spiro atoms. The van der Waals surface area contributed by atoms with Crippen LogP contribution in [0.4, 0.5) is 0 Å². The van der Waals surface area contributed by atoms with E-state index in [1.54, 1.807) is 37.5 Å². The zero-order valence-electron chi connectivity index (χ0n) is 30.0. The monoisotopic (exact) mass is 597 g/mol. The van der Waals surface area contributed by atoms with Crippen molar-refractivity contribution in [1.82, 2.24) is 0 Å². The van der Waals surface area contributed by atoms with Crippen LogP contribution in [0.1, 0.15) is 233 Å². The van der Waals surface area contributed by atoms with Gasteiger partial charge in [0.05, 0.1) is 0 Å². The van der Waals surface area contributed by atoms with Gasteiger partial charge in [-0.3, -0.25) is 0 Å². The zero-order chi connectivity index (χ0) is 30.0. The maximum atomic E-state index is 2.54. The Bertz CT molecular complexity index is 416. The molecular weight excluding hydrogens is 511 g/mol. The number of hydrogen-bond donors (Lipinski definition) is 0. The molecule has 0 bridgehead atoms. The Balaban J connectivity index is 3.50. The van der Waals surface area contributed by atoms with Crippen LogP contribution in [-0.2, 0) is 0 Å². The van der Waals surface area contributed by atoms with Crippen molar-refractivity contribution >= 4 is 7.26 Å². The minimum absolute atomic E-state index is 0.958. The van der Waals surface area contributed by atoms with Gasteiger partial charge in [-0.2, -0.15) is 0 Å². The van der Waals surface area contributed by atoms with Crippen LogP contribution in [0, 0.1) is 0 Å². The first-order valence-corrected chi connectivity index (χ1v) is 23.1. The quantitative estimate of drug-likeness (QED) is 0.0498. The molecule has 0 amide bonds. The molecule has 0 nitrogen and oxygen atoms in total. The first-order chi connectivity index (χ1) is 20.2. The van der Waals surface area contributed by atoms with Crippen LogP contribution in [0.3, 0.4) is 0 Å². The van der Waals surface area contributed by atoms with Crippen LogP contribution < -0.4 is 0 Å². The van der Waals surface area contributed by atoms with E-state index in [1.807, 2.05) is 0 Å². The fourth-order valence-electron chi connectivity index (χ4n) is 7.18. The van der Waals surface area contributed by atoms with Crippen molar-refractivity contribution in [3.63, 3.8) is 0 Å². The SMILES string of the molecule is CCCCCCCCCCCCCCCCCC[PH](CC)(CC)CCCCCCCCCCCCCCCCCC. The Morgan fingerprint density at radius 3 is 0.561 bits per heavy atom. The van der Waals surface area contributed by atoms with Gasteiger partial charge in [-0.1, -0.05) is 78.1 Å². The van der Waals surface area contributed by atoms with E-state index in [0.717, 1.165) is 0 Å². The molecule has 0 atom stereocenters. The molecule has 0 rings (SSSR count). The summed E-state index contributed by atoms with van der Waals surface area (Å²) in [5.41, 5.74) is 0. The van der Waals surface area contributed by atoms with Crippen LogP contribution in [0.15, 0.2) is 0 Å². The van der Waals surface area contributed by atoms with Crippen LogP contribution in [0.5, 0.6) is 0 Å². The van der Waals surface area contributed by atoms with E-state index in [0.29, 0.717) is 0 Å². The summed E-state index contributed by atoms with van der Waals surface area (Å²) in [6.45, 7) is 9.70. The van der Waals surface area contributed by atoms with Crippen molar-refractivity contribution in [1.29, 1.82) is 0 Å². The van der Waals surface area contributed by atoms with Crippen molar-refractivity contribution in [2.45, 2.75) is 233 Å². The molecule has 0 saturated carbocycles. The molecule has 0 fully saturated rings. The molecule has 0 heterocycles. The molecule has 0 aromatic heterocycles. The van der Waals surface area contributed by atoms with Crippen molar-refractivity contribution < 1.29 is 0 Å². The van der Waals surface area contributed by atoms with Crippen LogP contribution in [0.2, 0.25) is 0 Å². The van der Waals surface area contributed by atoms with Crippen LogP contribution in [0.25, 0.3) is 0 Å². The number of unbranched alkanes of at least 4 members (excludes halogenated alkanes) is 30. The fourth-order valence-corrected chi connectivity index (χ4v) is 11.3. The van der Waals surface area contributed by atoms with E-state index in [9.17, 15) is 0 Å². The first-order valence-electron chi connectivity index (χ1n) is 20.2. The van der Waals surface area contributed by atoms with Crippen molar-refractivity contribution in [3.8, 4) is 0 Å². The summed E-state index contributed by atoms with van der Waals surface area (Å²) < 4.78 is 0. The molecule has 0 aliphatic heterocycles. The Morgan fingerprint density at radius 1 is 0.220 bits per heavy atom. The molecule has 0 aliphatic carbocycles. The van der Waals surface area contributed by atoms with E-state index in [-0.39, 0.29) is 0 Å². The topological polar surface area (TPSA) is 0 Å². The summed E-state index contributed by atoms with van der Waals surface area (Å²) in [6, 6.07) is 0. The third-order valence-electron chi connectivity index (χ3n) is 10.6. The Hall–Kier alpha value is 0.430. The third-order valence-corrected chi connectivity index (χ3v) is 16.4. The molecule has 0 unspecified atom stereocenters. The average Bonchev–Trinajstić information content (AvgIpc) is 2.99. The minimum Gasteiger partial charge on any atom is -0.0654 e. The zero-order valence-corrected chi connectivity index (χ0v) is 31.0. The minimum atomic E-state index is -0.958. The van der Waals surface area contributed by atoms with Gasteiger partial charge in [0.2, 0.25) is 0 Å². The van der Waals surface area contributed by atoms with Gasteiger partial charge in [0.25, 0.3) is 0 Å². The molecule has 0 aromatic rings. The summed E-state index contributed by atoms with van der Waals surface area (Å²) in [5.74, 6) is 0. The molecule has 1 heteroatoms.